The first-order valence-corrected chi connectivity index (χ1v) is 11.1. The summed E-state index contributed by atoms with van der Waals surface area (Å²) in [4.78, 5) is 27.0. The largest absolute Gasteiger partial charge is 0.379 e. The number of thioether (sulfide) groups is 1. The number of hydrogen-bond donors (Lipinski definition) is 0. The summed E-state index contributed by atoms with van der Waals surface area (Å²) in [5.74, 6) is 1.89. The normalized spacial score (nSPS) is 16.8. The molecule has 0 N–H and O–H groups in total. The van der Waals surface area contributed by atoms with Crippen molar-refractivity contribution >= 4 is 17.5 Å². The van der Waals surface area contributed by atoms with Crippen LogP contribution in [0.25, 0.3) is 0 Å². The minimum Gasteiger partial charge on any atom is -0.379 e. The Morgan fingerprint density at radius 1 is 1.15 bits per heavy atom. The van der Waals surface area contributed by atoms with Gasteiger partial charge in [0.2, 0.25) is 0 Å². The molecule has 1 saturated heterocycles. The molecule has 0 aliphatic carbocycles. The zero-order valence-electron chi connectivity index (χ0n) is 17.1. The van der Waals surface area contributed by atoms with E-state index in [0.29, 0.717) is 18.9 Å². The molecule has 6 heteroatoms. The molecule has 1 aromatic heterocycles. The van der Waals surface area contributed by atoms with Crippen molar-refractivity contribution in [1.82, 2.24) is 9.47 Å². The number of ether oxygens (including phenoxy) is 1. The van der Waals surface area contributed by atoms with Gasteiger partial charge in [0.25, 0.3) is 5.56 Å². The third-order valence-corrected chi connectivity index (χ3v) is 6.50. The Morgan fingerprint density at radius 3 is 2.48 bits per heavy atom. The quantitative estimate of drug-likeness (QED) is 0.610. The van der Waals surface area contributed by atoms with Crippen molar-refractivity contribution in [2.45, 2.75) is 45.9 Å². The predicted octanol–water partition coefficient (Wildman–Crippen LogP) is 3.23. The van der Waals surface area contributed by atoms with E-state index in [2.05, 4.69) is 18.7 Å². The van der Waals surface area contributed by atoms with Gasteiger partial charge in [-0.1, -0.05) is 33.8 Å². The minimum atomic E-state index is 0.0230. The van der Waals surface area contributed by atoms with Gasteiger partial charge >= 0.3 is 0 Å². The van der Waals surface area contributed by atoms with Crippen LogP contribution in [-0.4, -0.2) is 53.9 Å². The molecule has 1 aliphatic heterocycles. The standard InChI is InChI=1S/C21H34N2O3S/c1-16(2)15-27-20(13-19(24)17(3)4)18-5-6-21(25)23(14-18)8-7-22-9-11-26-12-10-22/h5-6,14,16-17,20H,7-13,15H2,1-4H3. The SMILES string of the molecule is CC(C)CSC(CC(=O)C(C)C)c1ccc(=O)n(CCN2CCOCC2)c1. The number of pyridine rings is 1. The van der Waals surface area contributed by atoms with Gasteiger partial charge < -0.3 is 9.30 Å². The molecule has 0 bridgehead atoms. The van der Waals surface area contributed by atoms with Gasteiger partial charge in [-0.15, -0.1) is 0 Å². The number of carbonyl (C=O) groups is 1. The summed E-state index contributed by atoms with van der Waals surface area (Å²) in [7, 11) is 0. The molecule has 1 aromatic rings. The first-order valence-electron chi connectivity index (χ1n) is 10.0. The Hall–Kier alpha value is -1.11. The number of carbonyl (C=O) groups excluding carboxylic acids is 1. The van der Waals surface area contributed by atoms with Crippen LogP contribution in [0.2, 0.25) is 0 Å². The van der Waals surface area contributed by atoms with Gasteiger partial charge in [-0.25, -0.2) is 0 Å². The lowest BCUT2D eigenvalue weighted by atomic mass is 10.0. The maximum absolute atomic E-state index is 12.4. The number of nitrogens with zero attached hydrogens (tertiary/aromatic N) is 2. The van der Waals surface area contributed by atoms with Crippen molar-refractivity contribution in [2.24, 2.45) is 11.8 Å². The van der Waals surface area contributed by atoms with Crippen LogP contribution in [-0.2, 0) is 16.1 Å². The van der Waals surface area contributed by atoms with Gasteiger partial charge in [-0.3, -0.25) is 14.5 Å². The number of hydrogen-bond acceptors (Lipinski definition) is 5. The summed E-state index contributed by atoms with van der Waals surface area (Å²) in [6, 6.07) is 3.55. The molecule has 2 heterocycles. The molecule has 0 aromatic carbocycles. The maximum atomic E-state index is 12.4. The van der Waals surface area contributed by atoms with E-state index in [1.54, 1.807) is 10.6 Å². The third kappa shape index (κ3) is 7.43. The molecular weight excluding hydrogens is 360 g/mol. The fraction of sp³-hybridized carbons (Fsp3) is 0.714. The Morgan fingerprint density at radius 2 is 1.85 bits per heavy atom. The highest BCUT2D eigenvalue weighted by atomic mass is 32.2. The molecule has 0 saturated carbocycles. The fourth-order valence-corrected chi connectivity index (χ4v) is 4.22. The molecule has 5 nitrogen and oxygen atoms in total. The molecule has 0 radical (unpaired) electrons. The summed E-state index contributed by atoms with van der Waals surface area (Å²) in [6.45, 7) is 13.2. The summed E-state index contributed by atoms with van der Waals surface area (Å²) in [6.07, 6.45) is 2.49. The smallest absolute Gasteiger partial charge is 0.250 e. The number of aromatic nitrogens is 1. The van der Waals surface area contributed by atoms with Crippen molar-refractivity contribution in [3.8, 4) is 0 Å². The van der Waals surface area contributed by atoms with Crippen molar-refractivity contribution in [3.05, 3.63) is 34.2 Å². The minimum absolute atomic E-state index is 0.0230. The highest BCUT2D eigenvalue weighted by Crippen LogP contribution is 2.34. The van der Waals surface area contributed by atoms with Crippen LogP contribution in [0.5, 0.6) is 0 Å². The maximum Gasteiger partial charge on any atom is 0.250 e. The Bertz CT molecular complexity index is 651. The molecular formula is C21H34N2O3S. The van der Waals surface area contributed by atoms with Crippen molar-refractivity contribution in [2.75, 3.05) is 38.6 Å². The van der Waals surface area contributed by atoms with Crippen LogP contribution in [0, 0.1) is 11.8 Å². The zero-order chi connectivity index (χ0) is 19.8. The summed E-state index contributed by atoms with van der Waals surface area (Å²) in [5.41, 5.74) is 1.10. The number of Topliss-reactive ketones (excluding diaryl/α,β-unsaturated/α-hetero) is 1. The first-order chi connectivity index (χ1) is 12.9. The monoisotopic (exact) mass is 394 g/mol. The van der Waals surface area contributed by atoms with E-state index in [9.17, 15) is 9.59 Å². The second kappa shape index (κ2) is 11.0. The highest BCUT2D eigenvalue weighted by Gasteiger charge is 2.20. The van der Waals surface area contributed by atoms with Gasteiger partial charge in [0.15, 0.2) is 0 Å². The van der Waals surface area contributed by atoms with Crippen LogP contribution in [0.15, 0.2) is 23.1 Å². The van der Waals surface area contributed by atoms with Gasteiger partial charge in [0.1, 0.15) is 5.78 Å². The average Bonchev–Trinajstić information content (AvgIpc) is 2.65. The van der Waals surface area contributed by atoms with E-state index in [4.69, 9.17) is 4.74 Å². The summed E-state index contributed by atoms with van der Waals surface area (Å²) < 4.78 is 7.18. The second-order valence-electron chi connectivity index (χ2n) is 7.99. The topological polar surface area (TPSA) is 51.5 Å². The van der Waals surface area contributed by atoms with Gasteiger partial charge in [-0.2, -0.15) is 11.8 Å². The van der Waals surface area contributed by atoms with E-state index >= 15 is 0 Å². The Labute approximate surface area is 167 Å². The van der Waals surface area contributed by atoms with Gasteiger partial charge in [0, 0.05) is 56.0 Å². The molecule has 27 heavy (non-hydrogen) atoms. The molecule has 1 unspecified atom stereocenters. The number of morpholine rings is 1. The average molecular weight is 395 g/mol. The number of ketones is 1. The van der Waals surface area contributed by atoms with E-state index in [1.807, 2.05) is 37.9 Å². The van der Waals surface area contributed by atoms with Crippen LogP contribution in [0.1, 0.15) is 44.9 Å². The molecule has 152 valence electrons. The van der Waals surface area contributed by atoms with Crippen molar-refractivity contribution in [1.29, 1.82) is 0 Å². The van der Waals surface area contributed by atoms with Crippen LogP contribution < -0.4 is 5.56 Å². The van der Waals surface area contributed by atoms with E-state index in [0.717, 1.165) is 44.2 Å². The van der Waals surface area contributed by atoms with Crippen LogP contribution in [0.3, 0.4) is 0 Å². The zero-order valence-corrected chi connectivity index (χ0v) is 18.0. The highest BCUT2D eigenvalue weighted by molar-refractivity contribution is 7.99. The first kappa shape index (κ1) is 22.2. The van der Waals surface area contributed by atoms with Crippen LogP contribution in [0.4, 0.5) is 0 Å². The third-order valence-electron chi connectivity index (χ3n) is 4.80. The van der Waals surface area contributed by atoms with E-state index < -0.39 is 0 Å². The second-order valence-corrected chi connectivity index (χ2v) is 9.22. The van der Waals surface area contributed by atoms with Crippen LogP contribution >= 0.6 is 11.8 Å². The molecule has 0 amide bonds. The van der Waals surface area contributed by atoms with Gasteiger partial charge in [-0.05, 0) is 17.2 Å². The van der Waals surface area contributed by atoms with E-state index in [-0.39, 0.29) is 22.5 Å². The fourth-order valence-electron chi connectivity index (χ4n) is 2.99. The Kier molecular flexibility index (Phi) is 9.06. The molecule has 1 aliphatic rings. The molecule has 1 atom stereocenters. The molecule has 1 fully saturated rings. The predicted molar refractivity (Wildman–Crippen MR) is 112 cm³/mol. The van der Waals surface area contributed by atoms with E-state index in [1.165, 1.54) is 0 Å². The Balaban J connectivity index is 2.11. The molecule has 0 spiro atoms. The van der Waals surface area contributed by atoms with Crippen molar-refractivity contribution in [3.63, 3.8) is 0 Å². The number of rotatable bonds is 10. The van der Waals surface area contributed by atoms with Gasteiger partial charge in [0.05, 0.1) is 13.2 Å². The molecule has 2 rings (SSSR count). The lowest BCUT2D eigenvalue weighted by Gasteiger charge is -2.27. The van der Waals surface area contributed by atoms with Crippen molar-refractivity contribution < 1.29 is 9.53 Å². The lowest BCUT2D eigenvalue weighted by molar-refractivity contribution is -0.121. The summed E-state index contributed by atoms with van der Waals surface area (Å²) in [5, 5.41) is 0.109. The summed E-state index contributed by atoms with van der Waals surface area (Å²) >= 11 is 1.83. The lowest BCUT2D eigenvalue weighted by Crippen LogP contribution is -2.39.